The van der Waals surface area contributed by atoms with Gasteiger partial charge in [0.05, 0.1) is 12.0 Å². The van der Waals surface area contributed by atoms with Gasteiger partial charge in [0.2, 0.25) is 0 Å². The molecule has 1 aromatic carbocycles. The number of allylic oxidation sites excluding steroid dienone is 9. The molecule has 1 unspecified atom stereocenters. The number of benzene rings is 1. The van der Waals surface area contributed by atoms with E-state index in [4.69, 9.17) is 0 Å². The normalized spacial score (nSPS) is 15.5. The zero-order valence-corrected chi connectivity index (χ0v) is 13.9. The highest BCUT2D eigenvalue weighted by atomic mass is 31.2. The van der Waals surface area contributed by atoms with Crippen molar-refractivity contribution >= 4 is 12.6 Å². The predicted octanol–water partition coefficient (Wildman–Crippen LogP) is 5.86. The van der Waals surface area contributed by atoms with Crippen LogP contribution in [0.1, 0.15) is 6.92 Å². The molecule has 0 nitrogen and oxygen atoms in total. The van der Waals surface area contributed by atoms with E-state index in [2.05, 4.69) is 75.8 Å². The standard InChI is InChI=1S/C20H24P/c1-6-10-15-19(9-4)21(5,18(8-3)14-7-2)20-16-12-11-13-17-20/h6-17H,1-3H2,4-5H3/q+1/b15-10-,18-14+,19-9+. The minimum Gasteiger partial charge on any atom is -0.0991 e. The first-order chi connectivity index (χ1) is 10.1. The molecule has 0 spiro atoms. The van der Waals surface area contributed by atoms with E-state index < -0.39 is 7.26 Å². The lowest BCUT2D eigenvalue weighted by Crippen LogP contribution is -2.12. The Morgan fingerprint density at radius 1 is 1.00 bits per heavy atom. The van der Waals surface area contributed by atoms with E-state index in [1.807, 2.05) is 30.4 Å². The van der Waals surface area contributed by atoms with Gasteiger partial charge in [-0.25, -0.2) is 0 Å². The smallest absolute Gasteiger partial charge is 0.0991 e. The highest BCUT2D eigenvalue weighted by Gasteiger charge is 2.41. The lowest BCUT2D eigenvalue weighted by Gasteiger charge is -2.24. The van der Waals surface area contributed by atoms with Crippen LogP contribution in [0.4, 0.5) is 0 Å². The Bertz CT molecular complexity index is 588. The minimum atomic E-state index is -1.69. The molecule has 1 atom stereocenters. The molecule has 0 aliphatic heterocycles. The number of hydrogen-bond acceptors (Lipinski definition) is 0. The van der Waals surface area contributed by atoms with Gasteiger partial charge in [0.1, 0.15) is 17.9 Å². The molecule has 1 aromatic rings. The molecule has 1 rings (SSSR count). The van der Waals surface area contributed by atoms with Crippen LogP contribution in [0.3, 0.4) is 0 Å². The van der Waals surface area contributed by atoms with Gasteiger partial charge < -0.3 is 0 Å². The maximum atomic E-state index is 4.01. The quantitative estimate of drug-likeness (QED) is 0.436. The Morgan fingerprint density at radius 3 is 2.14 bits per heavy atom. The fourth-order valence-corrected chi connectivity index (χ4v) is 5.70. The topological polar surface area (TPSA) is 0 Å². The lowest BCUT2D eigenvalue weighted by atomic mass is 10.4. The Labute approximate surface area is 129 Å². The van der Waals surface area contributed by atoms with E-state index in [9.17, 15) is 0 Å². The van der Waals surface area contributed by atoms with Gasteiger partial charge in [0.15, 0.2) is 0 Å². The number of hydrogen-bond donors (Lipinski definition) is 0. The molecule has 0 N–H and O–H groups in total. The van der Waals surface area contributed by atoms with E-state index in [1.165, 1.54) is 15.9 Å². The summed E-state index contributed by atoms with van der Waals surface area (Å²) in [5, 5.41) is 3.87. The summed E-state index contributed by atoms with van der Waals surface area (Å²) in [4.78, 5) is 0. The van der Waals surface area contributed by atoms with Gasteiger partial charge >= 0.3 is 0 Å². The third-order valence-corrected chi connectivity index (χ3v) is 7.64. The largest absolute Gasteiger partial charge is 0.108 e. The Kier molecular flexibility index (Phi) is 6.85. The summed E-state index contributed by atoms with van der Waals surface area (Å²) in [6.07, 6.45) is 14.0. The van der Waals surface area contributed by atoms with Crippen molar-refractivity contribution < 1.29 is 0 Å². The van der Waals surface area contributed by atoms with Crippen molar-refractivity contribution in [1.29, 1.82) is 0 Å². The fourth-order valence-electron chi connectivity index (χ4n) is 2.36. The van der Waals surface area contributed by atoms with Crippen LogP contribution >= 0.6 is 7.26 Å². The second-order valence-electron chi connectivity index (χ2n) is 4.68. The van der Waals surface area contributed by atoms with Crippen LogP contribution in [-0.2, 0) is 0 Å². The molecule has 0 bridgehead atoms. The van der Waals surface area contributed by atoms with E-state index in [-0.39, 0.29) is 0 Å². The molecular formula is C20H24P+. The third kappa shape index (κ3) is 3.80. The molecule has 0 aliphatic carbocycles. The molecule has 1 heteroatoms. The van der Waals surface area contributed by atoms with Crippen molar-refractivity contribution in [2.45, 2.75) is 6.92 Å². The minimum absolute atomic E-state index is 1.23. The first-order valence-electron chi connectivity index (χ1n) is 6.99. The van der Waals surface area contributed by atoms with Crippen molar-refractivity contribution in [3.8, 4) is 0 Å². The van der Waals surface area contributed by atoms with Gasteiger partial charge in [0.25, 0.3) is 0 Å². The molecule has 0 saturated heterocycles. The SMILES string of the molecule is C=C/C=C\C(=C/C)[P+](C)(/C(C=C)=C/C=C)c1ccccc1. The van der Waals surface area contributed by atoms with Crippen LogP contribution < -0.4 is 5.30 Å². The Morgan fingerprint density at radius 2 is 1.67 bits per heavy atom. The predicted molar refractivity (Wildman–Crippen MR) is 100 cm³/mol. The molecule has 0 amide bonds. The molecule has 21 heavy (non-hydrogen) atoms. The summed E-state index contributed by atoms with van der Waals surface area (Å²) in [7, 11) is -1.69. The summed E-state index contributed by atoms with van der Waals surface area (Å²) < 4.78 is 0. The first kappa shape index (κ1) is 17.1. The van der Waals surface area contributed by atoms with Crippen molar-refractivity contribution in [1.82, 2.24) is 0 Å². The van der Waals surface area contributed by atoms with Gasteiger partial charge in [-0.3, -0.25) is 0 Å². The summed E-state index contributed by atoms with van der Waals surface area (Å²) in [6, 6.07) is 10.6. The second kappa shape index (κ2) is 8.39. The van der Waals surface area contributed by atoms with Crippen LogP contribution in [0, 0.1) is 0 Å². The average Bonchev–Trinajstić information content (AvgIpc) is 2.53. The van der Waals surface area contributed by atoms with E-state index in [0.29, 0.717) is 0 Å². The summed E-state index contributed by atoms with van der Waals surface area (Å²) in [5.41, 5.74) is 0. The zero-order chi connectivity index (χ0) is 15.7. The lowest BCUT2D eigenvalue weighted by molar-refractivity contribution is 1.65. The molecule has 0 heterocycles. The monoisotopic (exact) mass is 295 g/mol. The van der Waals surface area contributed by atoms with Crippen LogP contribution in [0.5, 0.6) is 0 Å². The van der Waals surface area contributed by atoms with Gasteiger partial charge in [-0.15, -0.1) is 0 Å². The van der Waals surface area contributed by atoms with Gasteiger partial charge in [-0.2, -0.15) is 0 Å². The van der Waals surface area contributed by atoms with Crippen molar-refractivity contribution in [2.24, 2.45) is 0 Å². The summed E-state index contributed by atoms with van der Waals surface area (Å²) in [5.74, 6) is 0. The maximum absolute atomic E-state index is 4.01. The van der Waals surface area contributed by atoms with Crippen LogP contribution in [0.25, 0.3) is 0 Å². The van der Waals surface area contributed by atoms with Crippen LogP contribution in [-0.4, -0.2) is 6.66 Å². The Hall–Kier alpha value is -1.91. The van der Waals surface area contributed by atoms with Gasteiger partial charge in [-0.1, -0.05) is 56.2 Å². The Balaban J connectivity index is 3.60. The van der Waals surface area contributed by atoms with Crippen LogP contribution in [0.2, 0.25) is 0 Å². The van der Waals surface area contributed by atoms with E-state index in [0.717, 1.165) is 0 Å². The molecule has 108 valence electrons. The van der Waals surface area contributed by atoms with E-state index >= 15 is 0 Å². The molecule has 0 saturated carbocycles. The third-order valence-electron chi connectivity index (χ3n) is 3.50. The first-order valence-corrected chi connectivity index (χ1v) is 9.22. The van der Waals surface area contributed by atoms with E-state index in [1.54, 1.807) is 0 Å². The fraction of sp³-hybridized carbons (Fsp3) is 0.100. The van der Waals surface area contributed by atoms with Crippen LogP contribution in [0.15, 0.2) is 103 Å². The highest BCUT2D eigenvalue weighted by Crippen LogP contribution is 2.68. The molecule has 0 aromatic heterocycles. The summed E-state index contributed by atoms with van der Waals surface area (Å²) in [6.45, 7) is 16.0. The van der Waals surface area contributed by atoms with Crippen molar-refractivity contribution in [2.75, 3.05) is 6.66 Å². The summed E-state index contributed by atoms with van der Waals surface area (Å²) >= 11 is 0. The van der Waals surface area contributed by atoms with Gasteiger partial charge in [-0.05, 0) is 43.4 Å². The highest BCUT2D eigenvalue weighted by molar-refractivity contribution is 7.89. The average molecular weight is 295 g/mol. The number of rotatable bonds is 7. The second-order valence-corrected chi connectivity index (χ2v) is 8.24. The molecule has 0 aliphatic rings. The molecular weight excluding hydrogens is 271 g/mol. The van der Waals surface area contributed by atoms with Gasteiger partial charge in [0, 0.05) is 0 Å². The van der Waals surface area contributed by atoms with Crippen molar-refractivity contribution in [3.05, 3.63) is 103 Å². The molecule has 0 radical (unpaired) electrons. The zero-order valence-electron chi connectivity index (χ0n) is 13.0. The maximum Gasteiger partial charge on any atom is 0.108 e. The van der Waals surface area contributed by atoms with Crippen molar-refractivity contribution in [3.63, 3.8) is 0 Å². The molecule has 0 fully saturated rings.